The Kier molecular flexibility index (Phi) is 12.7. The standard InChI is InChI=1S/C33H42N4O7S.C2H6/c1-4-37-23-25(22-34-37)32-30(42-5-2)19-24(20-31(32)43-6-3)33(39)36-12-8-7-9-28(38)27-21-26(10-11-29(27)44-16-13-36)35-14-17-45(40,41)18-15-35;1-2/h10-11,19-23H,4-9,12-18H2,1-3H3;1-2H3. The summed E-state index contributed by atoms with van der Waals surface area (Å²) >= 11 is 0. The summed E-state index contributed by atoms with van der Waals surface area (Å²) in [6.07, 6.45) is 5.30. The van der Waals surface area contributed by atoms with Gasteiger partial charge in [-0.1, -0.05) is 13.8 Å². The molecule has 5 rings (SSSR count). The molecule has 47 heavy (non-hydrogen) atoms. The largest absolute Gasteiger partial charge is 0.493 e. The third-order valence-corrected chi connectivity index (χ3v) is 9.73. The predicted octanol–water partition coefficient (Wildman–Crippen LogP) is 5.52. The van der Waals surface area contributed by atoms with Crippen LogP contribution in [-0.2, 0) is 16.4 Å². The fraction of sp³-hybridized carbons (Fsp3) is 0.514. The van der Waals surface area contributed by atoms with Gasteiger partial charge in [-0.15, -0.1) is 0 Å². The average Bonchev–Trinajstić information content (AvgIpc) is 3.54. The molecule has 0 N–H and O–H groups in total. The SMILES string of the molecule is CC.CCOc1cc(C(=O)N2CCCCC(=O)c3cc(N4CCS(=O)(=O)CC4)ccc3OCC2)cc(OCC)c1-c1cnn(CC)c1. The van der Waals surface area contributed by atoms with E-state index in [4.69, 9.17) is 14.2 Å². The molecule has 2 aliphatic heterocycles. The fourth-order valence-corrected chi connectivity index (χ4v) is 6.92. The second kappa shape index (κ2) is 16.7. The number of anilines is 1. The number of aromatic nitrogens is 2. The highest BCUT2D eigenvalue weighted by Gasteiger charge is 2.26. The maximum Gasteiger partial charge on any atom is 0.254 e. The Hall–Kier alpha value is -4.06. The summed E-state index contributed by atoms with van der Waals surface area (Å²) in [4.78, 5) is 31.0. The zero-order valence-electron chi connectivity index (χ0n) is 28.3. The molecule has 0 bridgehead atoms. The lowest BCUT2D eigenvalue weighted by atomic mass is 10.0. The lowest BCUT2D eigenvalue weighted by Crippen LogP contribution is -2.40. The van der Waals surface area contributed by atoms with Gasteiger partial charge in [-0.25, -0.2) is 8.42 Å². The second-order valence-electron chi connectivity index (χ2n) is 11.1. The number of sulfone groups is 1. The Morgan fingerprint density at radius 1 is 0.936 bits per heavy atom. The van der Waals surface area contributed by atoms with Gasteiger partial charge in [0.1, 0.15) is 23.9 Å². The molecule has 3 aromatic rings. The van der Waals surface area contributed by atoms with E-state index in [1.807, 2.05) is 62.5 Å². The Balaban J connectivity index is 0.00000245. The van der Waals surface area contributed by atoms with E-state index in [1.54, 1.807) is 29.3 Å². The number of Topliss-reactive ketones (excluding diaryl/α,β-unsaturated/α-hetero) is 1. The first-order valence-corrected chi connectivity index (χ1v) is 18.6. The van der Waals surface area contributed by atoms with Crippen molar-refractivity contribution in [3.63, 3.8) is 0 Å². The Bertz CT molecular complexity index is 1600. The Morgan fingerprint density at radius 2 is 1.62 bits per heavy atom. The van der Waals surface area contributed by atoms with Gasteiger partial charge in [0.05, 0.1) is 48.6 Å². The van der Waals surface area contributed by atoms with E-state index < -0.39 is 9.84 Å². The number of carbonyl (C=O) groups excluding carboxylic acids is 2. The van der Waals surface area contributed by atoms with Gasteiger partial charge in [-0.05, 0) is 63.9 Å². The van der Waals surface area contributed by atoms with Crippen LogP contribution in [-0.4, -0.2) is 92.3 Å². The molecule has 1 amide bonds. The zero-order chi connectivity index (χ0) is 34.0. The first kappa shape index (κ1) is 35.8. The molecule has 2 aliphatic rings. The first-order valence-electron chi connectivity index (χ1n) is 16.7. The molecule has 1 saturated heterocycles. The molecule has 0 atom stereocenters. The number of ketones is 1. The highest BCUT2D eigenvalue weighted by Crippen LogP contribution is 2.40. The highest BCUT2D eigenvalue weighted by molar-refractivity contribution is 7.91. The normalized spacial score (nSPS) is 16.6. The van der Waals surface area contributed by atoms with Gasteiger partial charge in [0.2, 0.25) is 0 Å². The van der Waals surface area contributed by atoms with Crippen molar-refractivity contribution in [2.24, 2.45) is 0 Å². The molecule has 0 aliphatic carbocycles. The smallest absolute Gasteiger partial charge is 0.254 e. The number of amides is 1. The topological polar surface area (TPSA) is 120 Å². The van der Waals surface area contributed by atoms with Crippen molar-refractivity contribution in [1.82, 2.24) is 14.7 Å². The molecule has 1 fully saturated rings. The van der Waals surface area contributed by atoms with E-state index in [-0.39, 0.29) is 29.8 Å². The second-order valence-corrected chi connectivity index (χ2v) is 13.4. The molecule has 3 heterocycles. The number of hydrogen-bond donors (Lipinski definition) is 0. The fourth-order valence-electron chi connectivity index (χ4n) is 5.72. The zero-order valence-corrected chi connectivity index (χ0v) is 29.1. The van der Waals surface area contributed by atoms with Crippen LogP contribution in [0.4, 0.5) is 5.69 Å². The van der Waals surface area contributed by atoms with E-state index in [2.05, 4.69) is 5.10 Å². The minimum Gasteiger partial charge on any atom is -0.493 e. The van der Waals surface area contributed by atoms with Gasteiger partial charge in [-0.3, -0.25) is 14.3 Å². The van der Waals surface area contributed by atoms with Gasteiger partial charge in [-0.2, -0.15) is 5.10 Å². The number of hydrogen-bond acceptors (Lipinski definition) is 9. The number of nitrogens with zero attached hydrogens (tertiary/aromatic N) is 4. The summed E-state index contributed by atoms with van der Waals surface area (Å²) in [7, 11) is -3.02. The Morgan fingerprint density at radius 3 is 2.23 bits per heavy atom. The van der Waals surface area contributed by atoms with Crippen molar-refractivity contribution in [2.75, 3.05) is 62.4 Å². The van der Waals surface area contributed by atoms with Crippen molar-refractivity contribution < 1.29 is 32.2 Å². The monoisotopic (exact) mass is 668 g/mol. The van der Waals surface area contributed by atoms with Gasteiger partial charge in [0, 0.05) is 55.6 Å². The predicted molar refractivity (Wildman–Crippen MR) is 184 cm³/mol. The summed E-state index contributed by atoms with van der Waals surface area (Å²) in [6.45, 7) is 13.2. The summed E-state index contributed by atoms with van der Waals surface area (Å²) in [5.41, 5.74) is 3.37. The molecule has 0 unspecified atom stereocenters. The van der Waals surface area contributed by atoms with Gasteiger partial charge >= 0.3 is 0 Å². The number of carbonyl (C=O) groups is 2. The van der Waals surface area contributed by atoms with Crippen LogP contribution in [0, 0.1) is 0 Å². The lowest BCUT2D eigenvalue weighted by Gasteiger charge is -2.29. The van der Waals surface area contributed by atoms with Crippen LogP contribution in [0.5, 0.6) is 17.2 Å². The number of aryl methyl sites for hydroxylation is 1. The number of benzene rings is 2. The number of fused-ring (bicyclic) bond motifs is 1. The molecule has 0 spiro atoms. The van der Waals surface area contributed by atoms with E-state index in [0.717, 1.165) is 23.4 Å². The minimum atomic E-state index is -3.02. The quantitative estimate of drug-likeness (QED) is 0.306. The molecule has 12 heteroatoms. The van der Waals surface area contributed by atoms with Crippen LogP contribution in [0.1, 0.15) is 74.6 Å². The summed E-state index contributed by atoms with van der Waals surface area (Å²) in [5.74, 6) is 1.58. The highest BCUT2D eigenvalue weighted by atomic mass is 32.2. The van der Waals surface area contributed by atoms with Crippen LogP contribution in [0.2, 0.25) is 0 Å². The molecular formula is C35H48N4O7S. The van der Waals surface area contributed by atoms with Crippen LogP contribution >= 0.6 is 0 Å². The number of ether oxygens (including phenoxy) is 3. The molecule has 2 aromatic carbocycles. The van der Waals surface area contributed by atoms with Crippen LogP contribution in [0.15, 0.2) is 42.7 Å². The van der Waals surface area contributed by atoms with E-state index >= 15 is 0 Å². The lowest BCUT2D eigenvalue weighted by molar-refractivity contribution is 0.0726. The first-order chi connectivity index (χ1) is 22.7. The van der Waals surface area contributed by atoms with Crippen molar-refractivity contribution in [3.05, 3.63) is 53.9 Å². The third-order valence-electron chi connectivity index (χ3n) is 8.12. The summed E-state index contributed by atoms with van der Waals surface area (Å²) < 4.78 is 43.8. The summed E-state index contributed by atoms with van der Waals surface area (Å²) in [5, 5.41) is 4.41. The van der Waals surface area contributed by atoms with E-state index in [0.29, 0.717) is 87.0 Å². The van der Waals surface area contributed by atoms with Gasteiger partial charge in [0.25, 0.3) is 5.91 Å². The van der Waals surface area contributed by atoms with Crippen molar-refractivity contribution in [3.8, 4) is 28.4 Å². The van der Waals surface area contributed by atoms with Crippen molar-refractivity contribution >= 4 is 27.2 Å². The van der Waals surface area contributed by atoms with Gasteiger partial charge < -0.3 is 24.0 Å². The van der Waals surface area contributed by atoms with Crippen LogP contribution in [0.3, 0.4) is 0 Å². The maximum atomic E-state index is 14.0. The van der Waals surface area contributed by atoms with Crippen molar-refractivity contribution in [1.29, 1.82) is 0 Å². The third kappa shape index (κ3) is 8.85. The molecule has 0 radical (unpaired) electrons. The van der Waals surface area contributed by atoms with E-state index in [1.165, 1.54) is 0 Å². The van der Waals surface area contributed by atoms with Crippen LogP contribution in [0.25, 0.3) is 11.1 Å². The van der Waals surface area contributed by atoms with Crippen molar-refractivity contribution in [2.45, 2.75) is 60.4 Å². The molecule has 11 nitrogen and oxygen atoms in total. The van der Waals surface area contributed by atoms with E-state index in [9.17, 15) is 18.0 Å². The molecular weight excluding hydrogens is 620 g/mol. The average molecular weight is 669 g/mol. The molecule has 1 aromatic heterocycles. The number of rotatable bonds is 8. The maximum absolute atomic E-state index is 14.0. The molecule has 0 saturated carbocycles. The summed E-state index contributed by atoms with van der Waals surface area (Å²) in [6, 6.07) is 8.99. The minimum absolute atomic E-state index is 0.0269. The molecule has 256 valence electrons. The van der Waals surface area contributed by atoms with Crippen LogP contribution < -0.4 is 19.1 Å². The Labute approximate surface area is 278 Å². The van der Waals surface area contributed by atoms with Gasteiger partial charge in [0.15, 0.2) is 15.6 Å².